The smallest absolute Gasteiger partial charge is 0.333 e. The van der Waals surface area contributed by atoms with Crippen LogP contribution in [0, 0.1) is 28.6 Å². The van der Waals surface area contributed by atoms with E-state index in [-0.39, 0.29) is 52.7 Å². The monoisotopic (exact) mass is 392 g/mol. The summed E-state index contributed by atoms with van der Waals surface area (Å²) in [4.78, 5) is 23.8. The first-order valence-corrected chi connectivity index (χ1v) is 10.4. The molecule has 1 aliphatic heterocycles. The van der Waals surface area contributed by atoms with Crippen molar-refractivity contribution in [2.75, 3.05) is 0 Å². The Labute approximate surface area is 166 Å². The van der Waals surface area contributed by atoms with E-state index in [0.717, 1.165) is 19.3 Å². The number of carbonyl (C=O) groups is 2. The Balaban J connectivity index is 1.83. The molecule has 28 heavy (non-hydrogen) atoms. The van der Waals surface area contributed by atoms with Gasteiger partial charge in [0.05, 0.1) is 5.60 Å². The number of carbonyl (C=O) groups excluding carboxylic acids is 2. The predicted octanol–water partition coefficient (Wildman–Crippen LogP) is 2.71. The van der Waals surface area contributed by atoms with E-state index < -0.39 is 17.4 Å². The first kappa shape index (κ1) is 19.9. The number of aliphatic hydroxyl groups is 2. The zero-order chi connectivity index (χ0) is 20.7. The Hall–Kier alpha value is -1.40. The summed E-state index contributed by atoms with van der Waals surface area (Å²) in [6, 6.07) is 0. The average molecular weight is 392 g/mol. The van der Waals surface area contributed by atoms with Gasteiger partial charge in [-0.05, 0) is 48.9 Å². The Morgan fingerprint density at radius 1 is 1.18 bits per heavy atom. The lowest BCUT2D eigenvalue weighted by atomic mass is 9.41. The third-order valence-corrected chi connectivity index (χ3v) is 8.31. The van der Waals surface area contributed by atoms with E-state index in [4.69, 9.17) is 9.47 Å². The first-order valence-electron chi connectivity index (χ1n) is 10.4. The predicted molar refractivity (Wildman–Crippen MR) is 101 cm³/mol. The Morgan fingerprint density at radius 3 is 2.50 bits per heavy atom. The van der Waals surface area contributed by atoms with Crippen molar-refractivity contribution in [1.82, 2.24) is 0 Å². The lowest BCUT2D eigenvalue weighted by Gasteiger charge is -2.65. The summed E-state index contributed by atoms with van der Waals surface area (Å²) < 4.78 is 11.1. The zero-order valence-corrected chi connectivity index (χ0v) is 17.4. The molecule has 3 aliphatic carbocycles. The largest absolute Gasteiger partial charge is 0.462 e. The minimum atomic E-state index is -1.74. The van der Waals surface area contributed by atoms with Gasteiger partial charge in [-0.3, -0.25) is 4.79 Å². The third-order valence-electron chi connectivity index (χ3n) is 8.31. The molecular weight excluding hydrogens is 360 g/mol. The fourth-order valence-electron chi connectivity index (χ4n) is 7.48. The van der Waals surface area contributed by atoms with Crippen molar-refractivity contribution in [2.45, 2.75) is 84.2 Å². The van der Waals surface area contributed by atoms with Gasteiger partial charge >= 0.3 is 11.9 Å². The maximum atomic E-state index is 11.9. The lowest BCUT2D eigenvalue weighted by molar-refractivity contribution is -0.260. The molecular formula is C22H32O6. The summed E-state index contributed by atoms with van der Waals surface area (Å²) >= 11 is 0. The van der Waals surface area contributed by atoms with E-state index in [1.54, 1.807) is 6.92 Å². The van der Waals surface area contributed by atoms with Crippen LogP contribution in [0.4, 0.5) is 0 Å². The topological polar surface area (TPSA) is 93.1 Å². The molecule has 0 saturated heterocycles. The molecule has 0 spiro atoms. The minimum Gasteiger partial charge on any atom is -0.462 e. The van der Waals surface area contributed by atoms with Crippen LogP contribution >= 0.6 is 0 Å². The van der Waals surface area contributed by atoms with E-state index in [1.165, 1.54) is 13.0 Å². The van der Waals surface area contributed by atoms with Crippen molar-refractivity contribution < 1.29 is 29.3 Å². The van der Waals surface area contributed by atoms with Crippen LogP contribution in [-0.4, -0.2) is 39.6 Å². The molecule has 2 N–H and O–H groups in total. The molecule has 1 heterocycles. The molecule has 7 atom stereocenters. The van der Waals surface area contributed by atoms with Crippen LogP contribution in [0.25, 0.3) is 0 Å². The van der Waals surface area contributed by atoms with E-state index in [1.807, 2.05) is 0 Å². The molecule has 6 heteroatoms. The van der Waals surface area contributed by atoms with Gasteiger partial charge < -0.3 is 19.7 Å². The van der Waals surface area contributed by atoms with Gasteiger partial charge in [0.1, 0.15) is 6.10 Å². The number of fused-ring (bicyclic) bond motifs is 4. The van der Waals surface area contributed by atoms with Gasteiger partial charge in [0.15, 0.2) is 0 Å². The van der Waals surface area contributed by atoms with Crippen molar-refractivity contribution in [2.24, 2.45) is 28.6 Å². The van der Waals surface area contributed by atoms with Crippen LogP contribution in [0.15, 0.2) is 11.6 Å². The van der Waals surface area contributed by atoms with Crippen LogP contribution in [0.3, 0.4) is 0 Å². The van der Waals surface area contributed by atoms with Gasteiger partial charge in [0.25, 0.3) is 0 Å². The molecule has 4 rings (SSSR count). The molecule has 0 bridgehead atoms. The lowest BCUT2D eigenvalue weighted by Crippen LogP contribution is -2.66. The standard InChI is InChI=1S/C22H32O6/c1-12(23)27-15-9-13-14(20(4)8-6-7-19(2,3)18(15)20)11-22(26)16(21(13,5)25)10-17(24)28-22/h10,13-15,18,25-26H,6-9,11H2,1-5H3/t13-,14+,15-,18+,20-,21+,22+/m0/s1. The van der Waals surface area contributed by atoms with Crippen molar-refractivity contribution in [3.63, 3.8) is 0 Å². The number of ether oxygens (including phenoxy) is 2. The molecule has 0 aromatic carbocycles. The average Bonchev–Trinajstić information content (AvgIpc) is 2.83. The summed E-state index contributed by atoms with van der Waals surface area (Å²) in [5.74, 6) is -2.83. The fraction of sp³-hybridized carbons (Fsp3) is 0.818. The maximum absolute atomic E-state index is 11.9. The van der Waals surface area contributed by atoms with Gasteiger partial charge in [0, 0.05) is 30.9 Å². The molecule has 4 aliphatic rings. The first-order chi connectivity index (χ1) is 12.8. The van der Waals surface area contributed by atoms with Gasteiger partial charge in [-0.25, -0.2) is 4.79 Å². The number of rotatable bonds is 1. The number of hydrogen-bond donors (Lipinski definition) is 2. The number of hydrogen-bond acceptors (Lipinski definition) is 6. The second-order valence-corrected chi connectivity index (χ2v) is 10.5. The van der Waals surface area contributed by atoms with E-state index in [0.29, 0.717) is 6.42 Å². The second kappa shape index (κ2) is 5.82. The molecule has 0 radical (unpaired) electrons. The summed E-state index contributed by atoms with van der Waals surface area (Å²) in [6.45, 7) is 9.75. The highest BCUT2D eigenvalue weighted by atomic mass is 16.7. The second-order valence-electron chi connectivity index (χ2n) is 10.5. The van der Waals surface area contributed by atoms with Gasteiger partial charge in [0.2, 0.25) is 5.79 Å². The third kappa shape index (κ3) is 2.60. The maximum Gasteiger partial charge on any atom is 0.333 e. The van der Waals surface area contributed by atoms with Crippen molar-refractivity contribution in [1.29, 1.82) is 0 Å². The van der Waals surface area contributed by atoms with Gasteiger partial charge in [-0.2, -0.15) is 0 Å². The summed E-state index contributed by atoms with van der Waals surface area (Å²) in [5.41, 5.74) is -1.44. The highest BCUT2D eigenvalue weighted by Gasteiger charge is 2.68. The molecule has 6 nitrogen and oxygen atoms in total. The quantitative estimate of drug-likeness (QED) is 0.667. The van der Waals surface area contributed by atoms with Crippen LogP contribution < -0.4 is 0 Å². The van der Waals surface area contributed by atoms with E-state index in [2.05, 4.69) is 20.8 Å². The molecule has 3 saturated carbocycles. The fourth-order valence-corrected chi connectivity index (χ4v) is 7.48. The number of esters is 2. The van der Waals surface area contributed by atoms with Crippen LogP contribution in [-0.2, 0) is 19.1 Å². The summed E-state index contributed by atoms with van der Waals surface area (Å²) in [5, 5.41) is 22.7. The van der Waals surface area contributed by atoms with Crippen LogP contribution in [0.1, 0.15) is 66.7 Å². The summed E-state index contributed by atoms with van der Waals surface area (Å²) in [6.07, 6.45) is 4.75. The van der Waals surface area contributed by atoms with Gasteiger partial charge in [-0.15, -0.1) is 0 Å². The van der Waals surface area contributed by atoms with Crippen molar-refractivity contribution in [3.05, 3.63) is 11.6 Å². The normalized spacial score (nSPS) is 49.2. The highest BCUT2D eigenvalue weighted by molar-refractivity contribution is 5.87. The Kier molecular flexibility index (Phi) is 4.13. The molecule has 0 aromatic rings. The highest BCUT2D eigenvalue weighted by Crippen LogP contribution is 2.67. The molecule has 0 amide bonds. The van der Waals surface area contributed by atoms with Crippen LogP contribution in [0.2, 0.25) is 0 Å². The van der Waals surface area contributed by atoms with Crippen LogP contribution in [0.5, 0.6) is 0 Å². The summed E-state index contributed by atoms with van der Waals surface area (Å²) in [7, 11) is 0. The zero-order valence-electron chi connectivity index (χ0n) is 17.4. The molecule has 0 aromatic heterocycles. The minimum absolute atomic E-state index is 0.0327. The van der Waals surface area contributed by atoms with Crippen molar-refractivity contribution >= 4 is 11.9 Å². The van der Waals surface area contributed by atoms with Crippen molar-refractivity contribution in [3.8, 4) is 0 Å². The Morgan fingerprint density at radius 2 is 1.86 bits per heavy atom. The van der Waals surface area contributed by atoms with Gasteiger partial charge in [-0.1, -0.05) is 27.2 Å². The van der Waals surface area contributed by atoms with E-state index >= 15 is 0 Å². The van der Waals surface area contributed by atoms with E-state index in [9.17, 15) is 19.8 Å². The Bertz CT molecular complexity index is 752. The molecule has 0 unspecified atom stereocenters. The molecule has 3 fully saturated rings. The molecule has 156 valence electrons. The SMILES string of the molecule is CC(=O)O[C@H]1C[C@H]2[C@@H](C[C@@]3(O)OC(=O)C=C3[C@]2(C)O)[C@]2(C)CCCC(C)(C)[C@@H]12.